The highest BCUT2D eigenvalue weighted by molar-refractivity contribution is 7.86. The van der Waals surface area contributed by atoms with Gasteiger partial charge in [0.05, 0.1) is 31.3 Å². The quantitative estimate of drug-likeness (QED) is 0.257. The van der Waals surface area contributed by atoms with Crippen LogP contribution in [0, 0.1) is 5.41 Å². The summed E-state index contributed by atoms with van der Waals surface area (Å²) in [6.07, 6.45) is -1.71. The first-order chi connectivity index (χ1) is 7.29. The summed E-state index contributed by atoms with van der Waals surface area (Å²) < 4.78 is 31.1. The van der Waals surface area contributed by atoms with Gasteiger partial charge in [-0.15, -0.1) is 0 Å². The van der Waals surface area contributed by atoms with Crippen LogP contribution in [0.15, 0.2) is 0 Å². The van der Waals surface area contributed by atoms with Crippen LogP contribution in [-0.4, -0.2) is 71.1 Å². The second-order valence-corrected chi connectivity index (χ2v) is 5.11. The molecule has 16 heavy (non-hydrogen) atoms. The maximum absolute atomic E-state index is 11.1. The van der Waals surface area contributed by atoms with Gasteiger partial charge in [0.2, 0.25) is 0 Å². The lowest BCUT2D eigenvalue weighted by Gasteiger charge is -2.36. The Bertz CT molecular complexity index is 292. The highest BCUT2D eigenvalue weighted by Gasteiger charge is 2.48. The van der Waals surface area contributed by atoms with Gasteiger partial charge in [0.25, 0.3) is 10.1 Å². The number of hydrogen-bond donors (Lipinski definition) is 6. The van der Waals surface area contributed by atoms with Gasteiger partial charge in [0.1, 0.15) is 5.25 Å². The fourth-order valence-corrected chi connectivity index (χ4v) is 2.83. The molecule has 0 bridgehead atoms. The third kappa shape index (κ3) is 3.10. The van der Waals surface area contributed by atoms with Crippen LogP contribution in [-0.2, 0) is 10.1 Å². The number of hydrogen-bond acceptors (Lipinski definition) is 7. The van der Waals surface area contributed by atoms with Gasteiger partial charge in [-0.2, -0.15) is 8.42 Å². The molecule has 0 saturated heterocycles. The van der Waals surface area contributed by atoms with Crippen molar-refractivity contribution in [2.45, 2.75) is 11.4 Å². The van der Waals surface area contributed by atoms with E-state index < -0.39 is 53.3 Å². The molecule has 7 N–H and O–H groups in total. The van der Waals surface area contributed by atoms with Crippen LogP contribution in [0.1, 0.15) is 0 Å². The zero-order valence-electron chi connectivity index (χ0n) is 8.52. The third-order valence-corrected chi connectivity index (χ3v) is 3.92. The summed E-state index contributed by atoms with van der Waals surface area (Å²) in [7, 11) is -4.78. The van der Waals surface area contributed by atoms with Gasteiger partial charge in [-0.1, -0.05) is 0 Å². The number of nitrogens with two attached hydrogens (primary N) is 1. The van der Waals surface area contributed by atoms with Crippen molar-refractivity contribution in [1.82, 2.24) is 0 Å². The summed E-state index contributed by atoms with van der Waals surface area (Å²) in [5.41, 5.74) is 3.11. The predicted molar refractivity (Wildman–Crippen MR) is 54.1 cm³/mol. The van der Waals surface area contributed by atoms with Crippen LogP contribution in [0.2, 0.25) is 0 Å². The Hall–Kier alpha value is -0.290. The second-order valence-electron chi connectivity index (χ2n) is 3.58. The lowest BCUT2D eigenvalue weighted by Crippen LogP contribution is -2.56. The summed E-state index contributed by atoms with van der Waals surface area (Å²) in [4.78, 5) is 0. The SMILES string of the molecule is NCC(O)C(C(CO)(CO)CO)S(=O)(=O)O. The van der Waals surface area contributed by atoms with E-state index in [-0.39, 0.29) is 0 Å². The maximum atomic E-state index is 11.1. The molecule has 0 heterocycles. The average molecular weight is 259 g/mol. The van der Waals surface area contributed by atoms with E-state index in [9.17, 15) is 13.5 Å². The van der Waals surface area contributed by atoms with E-state index in [1.54, 1.807) is 0 Å². The standard InChI is InChI=1S/C7H17NO7S/c8-1-5(12)6(16(13,14)15)7(2-9,3-10)4-11/h5-6,9-12H,1-4,8H2,(H,13,14,15). The Labute approximate surface area is 93.1 Å². The monoisotopic (exact) mass is 259 g/mol. The normalized spacial score (nSPS) is 17.1. The van der Waals surface area contributed by atoms with E-state index >= 15 is 0 Å². The van der Waals surface area contributed by atoms with Crippen molar-refractivity contribution in [2.24, 2.45) is 11.1 Å². The molecule has 0 amide bonds. The second kappa shape index (κ2) is 5.87. The first-order valence-corrected chi connectivity index (χ1v) is 5.96. The fourth-order valence-electron chi connectivity index (χ4n) is 1.47. The van der Waals surface area contributed by atoms with Crippen molar-refractivity contribution in [3.05, 3.63) is 0 Å². The Morgan fingerprint density at radius 1 is 1.12 bits per heavy atom. The first-order valence-electron chi connectivity index (χ1n) is 4.46. The molecule has 0 spiro atoms. The summed E-state index contributed by atoms with van der Waals surface area (Å²) >= 11 is 0. The van der Waals surface area contributed by atoms with Gasteiger partial charge < -0.3 is 26.2 Å². The van der Waals surface area contributed by atoms with Gasteiger partial charge in [-0.25, -0.2) is 0 Å². The molecule has 0 saturated carbocycles. The molecule has 0 aliphatic carbocycles. The minimum Gasteiger partial charge on any atom is -0.396 e. The van der Waals surface area contributed by atoms with E-state index in [0.29, 0.717) is 0 Å². The fraction of sp³-hybridized carbons (Fsp3) is 1.00. The number of rotatable bonds is 7. The van der Waals surface area contributed by atoms with Crippen LogP contribution in [0.25, 0.3) is 0 Å². The zero-order chi connectivity index (χ0) is 13.0. The first kappa shape index (κ1) is 15.7. The molecule has 2 unspecified atom stereocenters. The molecule has 9 heteroatoms. The molecule has 0 rings (SSSR count). The summed E-state index contributed by atoms with van der Waals surface area (Å²) in [5, 5.41) is 34.5. The molecule has 0 aliphatic heterocycles. The Balaban J connectivity index is 5.47. The molecule has 98 valence electrons. The van der Waals surface area contributed by atoms with Gasteiger partial charge >= 0.3 is 0 Å². The summed E-state index contributed by atoms with van der Waals surface area (Å²) in [6.45, 7) is -3.29. The minimum absolute atomic E-state index is 0.508. The molecule has 0 aromatic carbocycles. The molecule has 8 nitrogen and oxygen atoms in total. The van der Waals surface area contributed by atoms with E-state index in [1.807, 2.05) is 0 Å². The van der Waals surface area contributed by atoms with Gasteiger partial charge in [-0.3, -0.25) is 4.55 Å². The zero-order valence-corrected chi connectivity index (χ0v) is 9.34. The largest absolute Gasteiger partial charge is 0.396 e. The molecule has 0 aromatic rings. The number of aliphatic hydroxyl groups excluding tert-OH is 4. The van der Waals surface area contributed by atoms with Crippen molar-refractivity contribution < 1.29 is 33.4 Å². The molecule has 0 aliphatic rings. The van der Waals surface area contributed by atoms with Crippen molar-refractivity contribution in [3.63, 3.8) is 0 Å². The van der Waals surface area contributed by atoms with E-state index in [0.717, 1.165) is 0 Å². The molecular formula is C7H17NO7S. The lowest BCUT2D eigenvalue weighted by atomic mass is 9.84. The maximum Gasteiger partial charge on any atom is 0.271 e. The molecule has 0 aromatic heterocycles. The van der Waals surface area contributed by atoms with Gasteiger partial charge in [0, 0.05) is 6.54 Å². The van der Waals surface area contributed by atoms with Crippen LogP contribution in [0.3, 0.4) is 0 Å². The van der Waals surface area contributed by atoms with Crippen molar-refractivity contribution in [2.75, 3.05) is 26.4 Å². The third-order valence-electron chi connectivity index (χ3n) is 2.46. The molecule has 2 atom stereocenters. The van der Waals surface area contributed by atoms with Crippen molar-refractivity contribution >= 4 is 10.1 Å². The van der Waals surface area contributed by atoms with Crippen LogP contribution >= 0.6 is 0 Å². The average Bonchev–Trinajstić information content (AvgIpc) is 2.23. The molecular weight excluding hydrogens is 242 g/mol. The van der Waals surface area contributed by atoms with Crippen LogP contribution < -0.4 is 5.73 Å². The Kier molecular flexibility index (Phi) is 5.76. The summed E-state index contributed by atoms with van der Waals surface area (Å²) in [5.74, 6) is 0. The predicted octanol–water partition coefficient (Wildman–Crippen LogP) is -3.47. The van der Waals surface area contributed by atoms with E-state index in [2.05, 4.69) is 0 Å². The lowest BCUT2D eigenvalue weighted by molar-refractivity contribution is -0.0262. The number of aliphatic hydroxyl groups is 4. The van der Waals surface area contributed by atoms with E-state index in [4.69, 9.17) is 25.6 Å². The topological polar surface area (TPSA) is 161 Å². The highest BCUT2D eigenvalue weighted by Crippen LogP contribution is 2.28. The molecule has 0 fully saturated rings. The van der Waals surface area contributed by atoms with Crippen LogP contribution in [0.4, 0.5) is 0 Å². The highest BCUT2D eigenvalue weighted by atomic mass is 32.2. The Morgan fingerprint density at radius 3 is 1.69 bits per heavy atom. The van der Waals surface area contributed by atoms with Crippen molar-refractivity contribution in [1.29, 1.82) is 0 Å². The van der Waals surface area contributed by atoms with E-state index in [1.165, 1.54) is 0 Å². The van der Waals surface area contributed by atoms with Gasteiger partial charge in [-0.05, 0) is 0 Å². The van der Waals surface area contributed by atoms with Crippen LogP contribution in [0.5, 0.6) is 0 Å². The molecule has 0 radical (unpaired) electrons. The summed E-state index contributed by atoms with van der Waals surface area (Å²) in [6, 6.07) is 0. The van der Waals surface area contributed by atoms with Gasteiger partial charge in [0.15, 0.2) is 0 Å². The Morgan fingerprint density at radius 2 is 1.50 bits per heavy atom. The smallest absolute Gasteiger partial charge is 0.271 e. The van der Waals surface area contributed by atoms with Crippen molar-refractivity contribution in [3.8, 4) is 0 Å². The minimum atomic E-state index is -4.78.